The molecule has 0 amide bonds. The number of rotatable bonds is 1. The Bertz CT molecular complexity index is 387. The molecule has 1 saturated heterocycles. The lowest BCUT2D eigenvalue weighted by Gasteiger charge is -2.19. The fourth-order valence-electron chi connectivity index (χ4n) is 0.969. The monoisotopic (exact) mass is 264 g/mol. The van der Waals surface area contributed by atoms with E-state index >= 15 is 0 Å². The van der Waals surface area contributed by atoms with Crippen LogP contribution >= 0.6 is 0 Å². The van der Waals surface area contributed by atoms with Crippen molar-refractivity contribution >= 4 is 23.9 Å². The van der Waals surface area contributed by atoms with Crippen LogP contribution in [0.5, 0.6) is 0 Å². The molecule has 0 bridgehead atoms. The summed E-state index contributed by atoms with van der Waals surface area (Å²) < 4.78 is 4.23. The zero-order valence-corrected chi connectivity index (χ0v) is 8.64. The van der Waals surface area contributed by atoms with Crippen LogP contribution in [0.1, 0.15) is 6.42 Å². The third-order valence-electron chi connectivity index (χ3n) is 1.88. The Balaban J connectivity index is 2.91. The first-order valence-corrected chi connectivity index (χ1v) is 4.53. The molecule has 0 aromatic carbocycles. The molecule has 3 atom stereocenters. The van der Waals surface area contributed by atoms with Crippen molar-refractivity contribution in [2.24, 2.45) is 0 Å². The van der Waals surface area contributed by atoms with E-state index in [1.807, 2.05) is 0 Å². The van der Waals surface area contributed by atoms with Crippen molar-refractivity contribution in [1.29, 1.82) is 0 Å². The topological polar surface area (TPSA) is 157 Å². The van der Waals surface area contributed by atoms with Gasteiger partial charge in [0.1, 0.15) is 0 Å². The molecule has 0 radical (unpaired) electrons. The lowest BCUT2D eigenvalue weighted by atomic mass is 10.2. The third-order valence-corrected chi connectivity index (χ3v) is 1.88. The van der Waals surface area contributed by atoms with Crippen LogP contribution in [0.15, 0.2) is 0 Å². The average Bonchev–Trinajstić information content (AvgIpc) is 2.31. The summed E-state index contributed by atoms with van der Waals surface area (Å²) in [4.78, 5) is 51.3. The minimum Gasteiger partial charge on any atom is -0.478 e. The van der Waals surface area contributed by atoms with E-state index in [1.165, 1.54) is 0 Å². The highest BCUT2D eigenvalue weighted by molar-refractivity contribution is 5.89. The molecule has 0 spiro atoms. The standard InChI is InChI=1S/C8H8O10/c9-3-1-2(6(12)13)16-7(14)4(10)5(11)8(15)18-17-3/h2,4-5,10-11H,1H2,(H,12,13). The molecular weight excluding hydrogens is 256 g/mol. The molecule has 0 aliphatic carbocycles. The van der Waals surface area contributed by atoms with Gasteiger partial charge in [0.25, 0.3) is 0 Å². The van der Waals surface area contributed by atoms with Crippen LogP contribution in [0.2, 0.25) is 0 Å². The molecule has 0 aromatic heterocycles. The number of esters is 1. The van der Waals surface area contributed by atoms with Crippen LogP contribution < -0.4 is 0 Å². The van der Waals surface area contributed by atoms with E-state index in [2.05, 4.69) is 14.5 Å². The lowest BCUT2D eigenvalue weighted by Crippen LogP contribution is -2.45. The second-order valence-corrected chi connectivity index (χ2v) is 3.22. The molecule has 1 fully saturated rings. The van der Waals surface area contributed by atoms with E-state index in [4.69, 9.17) is 15.3 Å². The minimum atomic E-state index is -2.36. The van der Waals surface area contributed by atoms with Crippen LogP contribution in [-0.4, -0.2) is 57.5 Å². The number of aliphatic hydroxyl groups is 2. The van der Waals surface area contributed by atoms with E-state index in [0.717, 1.165) is 0 Å². The van der Waals surface area contributed by atoms with Gasteiger partial charge in [0.05, 0.1) is 6.42 Å². The first-order chi connectivity index (χ1) is 8.32. The maximum absolute atomic E-state index is 11.2. The summed E-state index contributed by atoms with van der Waals surface area (Å²) in [5.41, 5.74) is 0. The summed E-state index contributed by atoms with van der Waals surface area (Å²) in [6.45, 7) is 0. The van der Waals surface area contributed by atoms with Gasteiger partial charge in [-0.3, -0.25) is 0 Å². The van der Waals surface area contributed by atoms with Crippen molar-refractivity contribution in [2.75, 3.05) is 0 Å². The SMILES string of the molecule is O=C1CC(C(=O)O)OC(=O)C(O)C(O)C(=O)OO1. The Morgan fingerprint density at radius 1 is 1.06 bits per heavy atom. The highest BCUT2D eigenvalue weighted by Crippen LogP contribution is 2.09. The zero-order chi connectivity index (χ0) is 13.9. The Labute approximate surface area is 98.6 Å². The molecule has 1 rings (SSSR count). The molecule has 1 heterocycles. The molecule has 10 nitrogen and oxygen atoms in total. The summed E-state index contributed by atoms with van der Waals surface area (Å²) in [5.74, 6) is -6.15. The number of carbonyl (C=O) groups excluding carboxylic acids is 3. The van der Waals surface area contributed by atoms with Crippen molar-refractivity contribution in [1.82, 2.24) is 0 Å². The number of carbonyl (C=O) groups is 4. The predicted molar refractivity (Wildman–Crippen MR) is 46.3 cm³/mol. The first-order valence-electron chi connectivity index (χ1n) is 4.53. The molecule has 18 heavy (non-hydrogen) atoms. The van der Waals surface area contributed by atoms with Gasteiger partial charge in [-0.1, -0.05) is 0 Å². The Morgan fingerprint density at radius 3 is 2.17 bits per heavy atom. The molecule has 1 aliphatic rings. The number of hydrogen-bond acceptors (Lipinski definition) is 9. The largest absolute Gasteiger partial charge is 0.478 e. The normalized spacial score (nSPS) is 29.9. The van der Waals surface area contributed by atoms with Crippen LogP contribution in [0.25, 0.3) is 0 Å². The van der Waals surface area contributed by atoms with Gasteiger partial charge < -0.3 is 20.1 Å². The number of carboxylic acids is 1. The maximum Gasteiger partial charge on any atom is 0.387 e. The maximum atomic E-state index is 11.2. The zero-order valence-electron chi connectivity index (χ0n) is 8.64. The van der Waals surface area contributed by atoms with Crippen molar-refractivity contribution in [3.8, 4) is 0 Å². The van der Waals surface area contributed by atoms with Crippen LogP contribution in [-0.2, 0) is 33.7 Å². The number of hydrogen-bond donors (Lipinski definition) is 3. The van der Waals surface area contributed by atoms with E-state index in [1.54, 1.807) is 0 Å². The molecule has 0 saturated carbocycles. The van der Waals surface area contributed by atoms with E-state index < -0.39 is 48.6 Å². The molecule has 3 N–H and O–H groups in total. The fourth-order valence-corrected chi connectivity index (χ4v) is 0.969. The molecule has 0 aromatic rings. The smallest absolute Gasteiger partial charge is 0.387 e. The van der Waals surface area contributed by atoms with Gasteiger partial charge in [0, 0.05) is 0 Å². The summed E-state index contributed by atoms with van der Waals surface area (Å²) in [5, 5.41) is 26.9. The average molecular weight is 264 g/mol. The molecule has 10 heteroatoms. The molecule has 1 aliphatic heterocycles. The quantitative estimate of drug-likeness (QED) is 0.331. The van der Waals surface area contributed by atoms with E-state index in [9.17, 15) is 19.2 Å². The fraction of sp³-hybridized carbons (Fsp3) is 0.500. The second-order valence-electron chi connectivity index (χ2n) is 3.22. The second kappa shape index (κ2) is 5.42. The summed E-state index contributed by atoms with van der Waals surface area (Å²) in [6.07, 6.45) is -7.56. The third kappa shape index (κ3) is 3.15. The van der Waals surface area contributed by atoms with Gasteiger partial charge in [0.2, 0.25) is 6.10 Å². The minimum absolute atomic E-state index is 0.919. The number of aliphatic carboxylic acids is 1. The van der Waals surface area contributed by atoms with Crippen molar-refractivity contribution in [2.45, 2.75) is 24.7 Å². The Kier molecular flexibility index (Phi) is 4.18. The lowest BCUT2D eigenvalue weighted by molar-refractivity contribution is -0.270. The van der Waals surface area contributed by atoms with Gasteiger partial charge in [0.15, 0.2) is 12.2 Å². The van der Waals surface area contributed by atoms with Crippen LogP contribution in [0.3, 0.4) is 0 Å². The number of cyclic esters (lactones) is 1. The number of carboxylic acid groups (broad SMARTS) is 1. The van der Waals surface area contributed by atoms with Crippen molar-refractivity contribution in [3.63, 3.8) is 0 Å². The molecule has 100 valence electrons. The highest BCUT2D eigenvalue weighted by atomic mass is 17.2. The van der Waals surface area contributed by atoms with Gasteiger partial charge in [-0.05, 0) is 0 Å². The number of ether oxygens (including phenoxy) is 1. The summed E-state index contributed by atoms with van der Waals surface area (Å²) >= 11 is 0. The Morgan fingerprint density at radius 2 is 1.61 bits per heavy atom. The summed E-state index contributed by atoms with van der Waals surface area (Å²) in [6, 6.07) is 0. The molecule has 3 unspecified atom stereocenters. The van der Waals surface area contributed by atoms with Gasteiger partial charge in [-0.2, -0.15) is 0 Å². The first kappa shape index (κ1) is 13.9. The van der Waals surface area contributed by atoms with Crippen molar-refractivity contribution < 1.29 is 49.0 Å². The van der Waals surface area contributed by atoms with Gasteiger partial charge in [-0.15, -0.1) is 0 Å². The van der Waals surface area contributed by atoms with E-state index in [-0.39, 0.29) is 0 Å². The van der Waals surface area contributed by atoms with E-state index in [0.29, 0.717) is 0 Å². The highest BCUT2D eigenvalue weighted by Gasteiger charge is 2.39. The Hall–Kier alpha value is -2.20. The van der Waals surface area contributed by atoms with Crippen LogP contribution in [0.4, 0.5) is 0 Å². The molecular formula is C8H8O10. The van der Waals surface area contributed by atoms with Crippen molar-refractivity contribution in [3.05, 3.63) is 0 Å². The van der Waals surface area contributed by atoms with Gasteiger partial charge in [-0.25, -0.2) is 29.0 Å². The number of aliphatic hydroxyl groups excluding tert-OH is 2. The summed E-state index contributed by atoms with van der Waals surface area (Å²) in [7, 11) is 0. The van der Waals surface area contributed by atoms with Crippen LogP contribution in [0, 0.1) is 0 Å². The van der Waals surface area contributed by atoms with Gasteiger partial charge >= 0.3 is 23.9 Å². The predicted octanol–water partition coefficient (Wildman–Crippen LogP) is -2.89.